The molecule has 2 N–H and O–H groups in total. The Morgan fingerprint density at radius 2 is 1.72 bits per heavy atom. The minimum atomic E-state index is -2.73. The van der Waals surface area contributed by atoms with Gasteiger partial charge in [-0.05, 0) is 43.9 Å². The van der Waals surface area contributed by atoms with E-state index in [-0.39, 0.29) is 12.4 Å². The minimum absolute atomic E-state index is 0.141. The summed E-state index contributed by atoms with van der Waals surface area (Å²) >= 11 is 0. The summed E-state index contributed by atoms with van der Waals surface area (Å²) < 4.78 is 24.6. The SMILES string of the molecule is CCCCCCP(=O)(COc1ccc(C[C@@H](C)N)cc1)OCCCC. The summed E-state index contributed by atoms with van der Waals surface area (Å²) in [6.07, 6.45) is 7.98. The molecule has 1 rings (SSSR count). The second-order valence-corrected chi connectivity index (χ2v) is 9.48. The first-order valence-corrected chi connectivity index (χ1v) is 11.7. The molecule has 0 aromatic heterocycles. The van der Waals surface area contributed by atoms with Crippen LogP contribution in [0.1, 0.15) is 64.9 Å². The lowest BCUT2D eigenvalue weighted by Crippen LogP contribution is -2.17. The standard InChI is InChI=1S/C20H36NO3P/c1-4-6-8-9-15-25(22,24-14-7-5-2)17-23-20-12-10-19(11-13-20)16-18(3)21/h10-13,18H,4-9,14-17,21H2,1-3H3/t18-,25?/m1/s1. The van der Waals surface area contributed by atoms with Crippen molar-refractivity contribution in [3.8, 4) is 5.75 Å². The van der Waals surface area contributed by atoms with Gasteiger partial charge in [0.05, 0.1) is 6.61 Å². The van der Waals surface area contributed by atoms with Gasteiger partial charge >= 0.3 is 0 Å². The van der Waals surface area contributed by atoms with Gasteiger partial charge in [-0.1, -0.05) is 51.7 Å². The molecule has 0 radical (unpaired) electrons. The number of hydrogen-bond acceptors (Lipinski definition) is 4. The van der Waals surface area contributed by atoms with Crippen LogP contribution in [0.2, 0.25) is 0 Å². The van der Waals surface area contributed by atoms with Crippen LogP contribution >= 0.6 is 7.37 Å². The highest BCUT2D eigenvalue weighted by atomic mass is 31.2. The van der Waals surface area contributed by atoms with Crippen LogP contribution in [0.3, 0.4) is 0 Å². The zero-order chi connectivity index (χ0) is 18.5. The summed E-state index contributed by atoms with van der Waals surface area (Å²) in [4.78, 5) is 0. The summed E-state index contributed by atoms with van der Waals surface area (Å²) in [5.41, 5.74) is 7.00. The molecule has 0 amide bonds. The Morgan fingerprint density at radius 3 is 2.32 bits per heavy atom. The van der Waals surface area contributed by atoms with Gasteiger partial charge in [0.2, 0.25) is 7.37 Å². The van der Waals surface area contributed by atoms with Crippen LogP contribution in [-0.2, 0) is 15.5 Å². The zero-order valence-corrected chi connectivity index (χ0v) is 17.1. The van der Waals surface area contributed by atoms with E-state index in [0.717, 1.165) is 37.9 Å². The predicted molar refractivity (Wildman–Crippen MR) is 107 cm³/mol. The van der Waals surface area contributed by atoms with Gasteiger partial charge < -0.3 is 15.0 Å². The van der Waals surface area contributed by atoms with Crippen molar-refractivity contribution in [2.24, 2.45) is 5.73 Å². The maximum Gasteiger partial charge on any atom is 0.239 e. The molecular formula is C20H36NO3P. The summed E-state index contributed by atoms with van der Waals surface area (Å²) in [5.74, 6) is 0.737. The molecular weight excluding hydrogens is 333 g/mol. The Bertz CT molecular complexity index is 502. The van der Waals surface area contributed by atoms with Gasteiger partial charge in [0.1, 0.15) is 5.75 Å². The number of ether oxygens (including phenoxy) is 1. The second kappa shape index (κ2) is 12.5. The highest BCUT2D eigenvalue weighted by molar-refractivity contribution is 7.58. The Labute approximate surface area is 153 Å². The van der Waals surface area contributed by atoms with Gasteiger partial charge in [0.25, 0.3) is 0 Å². The highest BCUT2D eigenvalue weighted by Crippen LogP contribution is 2.48. The molecule has 0 saturated heterocycles. The van der Waals surface area contributed by atoms with Crippen molar-refractivity contribution in [2.75, 3.05) is 19.1 Å². The molecule has 0 bridgehead atoms. The van der Waals surface area contributed by atoms with E-state index in [1.54, 1.807) is 0 Å². The number of unbranched alkanes of at least 4 members (excludes halogenated alkanes) is 4. The lowest BCUT2D eigenvalue weighted by Gasteiger charge is -2.19. The van der Waals surface area contributed by atoms with Gasteiger partial charge in [-0.15, -0.1) is 0 Å². The summed E-state index contributed by atoms with van der Waals surface area (Å²) in [7, 11) is -2.73. The first kappa shape index (κ1) is 22.2. The largest absolute Gasteiger partial charge is 0.484 e. The average molecular weight is 369 g/mol. The first-order chi connectivity index (χ1) is 12.0. The number of benzene rings is 1. The van der Waals surface area contributed by atoms with Crippen LogP contribution in [0.25, 0.3) is 0 Å². The maximum atomic E-state index is 13.1. The fourth-order valence-electron chi connectivity index (χ4n) is 2.59. The van der Waals surface area contributed by atoms with Crippen LogP contribution in [0.5, 0.6) is 5.75 Å². The third-order valence-corrected chi connectivity index (χ3v) is 6.26. The molecule has 1 aromatic carbocycles. The van der Waals surface area contributed by atoms with Crippen LogP contribution in [0.4, 0.5) is 0 Å². The van der Waals surface area contributed by atoms with Gasteiger partial charge in [0.15, 0.2) is 6.35 Å². The molecule has 0 spiro atoms. The van der Waals surface area contributed by atoms with Crippen molar-refractivity contribution in [1.82, 2.24) is 0 Å². The van der Waals surface area contributed by atoms with Gasteiger partial charge in [0, 0.05) is 12.2 Å². The Hall–Kier alpha value is -0.830. The monoisotopic (exact) mass is 369 g/mol. The van der Waals surface area contributed by atoms with Crippen LogP contribution in [0, 0.1) is 0 Å². The number of rotatable bonds is 14. The summed E-state index contributed by atoms with van der Waals surface area (Å²) in [6.45, 7) is 6.83. The van der Waals surface area contributed by atoms with Crippen molar-refractivity contribution in [3.05, 3.63) is 29.8 Å². The molecule has 25 heavy (non-hydrogen) atoms. The second-order valence-electron chi connectivity index (χ2n) is 6.88. The van der Waals surface area contributed by atoms with Crippen LogP contribution < -0.4 is 10.5 Å². The lowest BCUT2D eigenvalue weighted by molar-refractivity contribution is 0.275. The first-order valence-electron chi connectivity index (χ1n) is 9.69. The normalized spacial score (nSPS) is 14.9. The van der Waals surface area contributed by atoms with Crippen LogP contribution in [0.15, 0.2) is 24.3 Å². The van der Waals surface area contributed by atoms with Crippen molar-refractivity contribution < 1.29 is 13.8 Å². The maximum absolute atomic E-state index is 13.1. The Kier molecular flexibility index (Phi) is 11.1. The van der Waals surface area contributed by atoms with Crippen molar-refractivity contribution in [3.63, 3.8) is 0 Å². The van der Waals surface area contributed by atoms with Crippen LogP contribution in [-0.4, -0.2) is 25.2 Å². The topological polar surface area (TPSA) is 61.5 Å². The molecule has 4 nitrogen and oxygen atoms in total. The van der Waals surface area contributed by atoms with E-state index in [1.807, 2.05) is 31.2 Å². The third-order valence-electron chi connectivity index (χ3n) is 4.09. The molecule has 0 saturated carbocycles. The van der Waals surface area contributed by atoms with Gasteiger partial charge in [-0.2, -0.15) is 0 Å². The quantitative estimate of drug-likeness (QED) is 0.343. The van der Waals surface area contributed by atoms with E-state index in [1.165, 1.54) is 18.4 Å². The van der Waals surface area contributed by atoms with Gasteiger partial charge in [-0.25, -0.2) is 0 Å². The van der Waals surface area contributed by atoms with E-state index >= 15 is 0 Å². The predicted octanol–water partition coefficient (Wildman–Crippen LogP) is 5.59. The molecule has 1 aromatic rings. The van der Waals surface area contributed by atoms with E-state index < -0.39 is 7.37 Å². The molecule has 0 aliphatic rings. The summed E-state index contributed by atoms with van der Waals surface area (Å²) in [6, 6.07) is 8.02. The molecule has 0 fully saturated rings. The molecule has 144 valence electrons. The van der Waals surface area contributed by atoms with Gasteiger partial charge in [-0.3, -0.25) is 4.57 Å². The molecule has 0 aliphatic heterocycles. The fourth-order valence-corrected chi connectivity index (χ4v) is 4.43. The van der Waals surface area contributed by atoms with Crippen molar-refractivity contribution >= 4 is 7.37 Å². The minimum Gasteiger partial charge on any atom is -0.484 e. The lowest BCUT2D eigenvalue weighted by atomic mass is 10.1. The summed E-state index contributed by atoms with van der Waals surface area (Å²) in [5, 5.41) is 0. The van der Waals surface area contributed by atoms with E-state index in [9.17, 15) is 4.57 Å². The molecule has 1 unspecified atom stereocenters. The smallest absolute Gasteiger partial charge is 0.239 e. The molecule has 0 aliphatic carbocycles. The van der Waals surface area contributed by atoms with E-state index in [0.29, 0.717) is 12.8 Å². The highest BCUT2D eigenvalue weighted by Gasteiger charge is 2.23. The van der Waals surface area contributed by atoms with E-state index in [4.69, 9.17) is 15.0 Å². The van der Waals surface area contributed by atoms with E-state index in [2.05, 4.69) is 13.8 Å². The Balaban J connectivity index is 2.55. The molecule has 5 heteroatoms. The number of nitrogens with two attached hydrogens (primary N) is 1. The zero-order valence-electron chi connectivity index (χ0n) is 16.2. The average Bonchev–Trinajstić information content (AvgIpc) is 2.58. The number of hydrogen-bond donors (Lipinski definition) is 1. The van der Waals surface area contributed by atoms with Crippen molar-refractivity contribution in [2.45, 2.75) is 71.8 Å². The fraction of sp³-hybridized carbons (Fsp3) is 0.700. The molecule has 2 atom stereocenters. The molecule has 0 heterocycles. The van der Waals surface area contributed by atoms with Crippen molar-refractivity contribution in [1.29, 1.82) is 0 Å². The third kappa shape index (κ3) is 10.0. The Morgan fingerprint density at radius 1 is 1.04 bits per heavy atom.